The zero-order valence-electron chi connectivity index (χ0n) is 18.3. The molecule has 0 unspecified atom stereocenters. The van der Waals surface area contributed by atoms with E-state index in [1.165, 1.54) is 4.57 Å². The highest BCUT2D eigenvalue weighted by molar-refractivity contribution is 5.96. The number of imidazole rings is 1. The van der Waals surface area contributed by atoms with Crippen LogP contribution in [0.1, 0.15) is 45.3 Å². The van der Waals surface area contributed by atoms with Crippen LogP contribution in [0.5, 0.6) is 0 Å². The van der Waals surface area contributed by atoms with Crippen LogP contribution < -0.4 is 5.69 Å². The maximum absolute atomic E-state index is 13.1. The highest BCUT2D eigenvalue weighted by Crippen LogP contribution is 2.24. The highest BCUT2D eigenvalue weighted by Gasteiger charge is 2.18. The Morgan fingerprint density at radius 3 is 2.21 bits per heavy atom. The number of carboxylic acids is 1. The first-order chi connectivity index (χ1) is 16.0. The molecule has 6 nitrogen and oxygen atoms in total. The van der Waals surface area contributed by atoms with Gasteiger partial charge in [-0.2, -0.15) is 0 Å². The number of hydrogen-bond donors (Lipinski definition) is 1. The van der Waals surface area contributed by atoms with Gasteiger partial charge in [0.1, 0.15) is 0 Å². The summed E-state index contributed by atoms with van der Waals surface area (Å²) in [5.74, 6) is -1.33. The Hall–Kier alpha value is -4.19. The number of hydrogen-bond acceptors (Lipinski definition) is 3. The summed E-state index contributed by atoms with van der Waals surface area (Å²) in [7, 11) is 0. The predicted molar refractivity (Wildman–Crippen MR) is 127 cm³/mol. The molecule has 33 heavy (non-hydrogen) atoms. The fourth-order valence-electron chi connectivity index (χ4n) is 3.91. The van der Waals surface area contributed by atoms with Crippen molar-refractivity contribution in [1.82, 2.24) is 9.13 Å². The van der Waals surface area contributed by atoms with E-state index in [0.717, 1.165) is 23.2 Å². The van der Waals surface area contributed by atoms with E-state index in [-0.39, 0.29) is 17.2 Å². The minimum Gasteiger partial charge on any atom is -0.478 e. The SMILES string of the molecule is CCCc1cn(C(=O)c2ccccc2)c(=O)n1Cc1ccc(-c2ccccc2C(=O)O)cc1. The summed E-state index contributed by atoms with van der Waals surface area (Å²) in [6.45, 7) is 2.35. The average Bonchev–Trinajstić information content (AvgIpc) is 3.15. The summed E-state index contributed by atoms with van der Waals surface area (Å²) in [4.78, 5) is 37.5. The lowest BCUT2D eigenvalue weighted by atomic mass is 9.99. The van der Waals surface area contributed by atoms with Crippen LogP contribution in [-0.2, 0) is 13.0 Å². The summed E-state index contributed by atoms with van der Waals surface area (Å²) in [6.07, 6.45) is 3.15. The molecule has 166 valence electrons. The van der Waals surface area contributed by atoms with Gasteiger partial charge in [0.15, 0.2) is 0 Å². The zero-order valence-corrected chi connectivity index (χ0v) is 18.3. The van der Waals surface area contributed by atoms with Gasteiger partial charge in [0.2, 0.25) is 0 Å². The quantitative estimate of drug-likeness (QED) is 0.452. The Morgan fingerprint density at radius 2 is 1.55 bits per heavy atom. The van der Waals surface area contributed by atoms with Crippen LogP contribution in [0, 0.1) is 0 Å². The number of benzene rings is 3. The van der Waals surface area contributed by atoms with E-state index in [4.69, 9.17) is 0 Å². The number of carbonyl (C=O) groups excluding carboxylic acids is 1. The topological polar surface area (TPSA) is 81.3 Å². The Bertz CT molecular complexity index is 1350. The average molecular weight is 440 g/mol. The molecule has 0 aliphatic heterocycles. The van der Waals surface area contributed by atoms with E-state index in [2.05, 4.69) is 0 Å². The first-order valence-electron chi connectivity index (χ1n) is 10.8. The van der Waals surface area contributed by atoms with Gasteiger partial charge in [-0.3, -0.25) is 9.36 Å². The van der Waals surface area contributed by atoms with Crippen LogP contribution in [0.15, 0.2) is 89.9 Å². The van der Waals surface area contributed by atoms with Crippen LogP contribution in [0.4, 0.5) is 0 Å². The summed E-state index contributed by atoms with van der Waals surface area (Å²) in [5.41, 5.74) is 3.44. The van der Waals surface area contributed by atoms with Gasteiger partial charge in [0, 0.05) is 17.5 Å². The number of aromatic nitrogens is 2. The van der Waals surface area contributed by atoms with Crippen LogP contribution in [0.2, 0.25) is 0 Å². The molecule has 0 aliphatic rings. The number of carbonyl (C=O) groups is 2. The lowest BCUT2D eigenvalue weighted by Gasteiger charge is -2.09. The third-order valence-corrected chi connectivity index (χ3v) is 5.57. The second-order valence-electron chi connectivity index (χ2n) is 7.83. The summed E-state index contributed by atoms with van der Waals surface area (Å²) >= 11 is 0. The first kappa shape index (κ1) is 22.0. The van der Waals surface area contributed by atoms with E-state index >= 15 is 0 Å². The maximum Gasteiger partial charge on any atom is 0.336 e. The Balaban J connectivity index is 1.65. The maximum atomic E-state index is 13.1. The molecule has 0 fully saturated rings. The van der Waals surface area contributed by atoms with Crippen LogP contribution >= 0.6 is 0 Å². The summed E-state index contributed by atoms with van der Waals surface area (Å²) in [5, 5.41) is 9.45. The van der Waals surface area contributed by atoms with E-state index in [9.17, 15) is 19.5 Å². The predicted octanol–water partition coefficient (Wildman–Crippen LogP) is 4.70. The molecule has 0 saturated heterocycles. The Kier molecular flexibility index (Phi) is 6.36. The highest BCUT2D eigenvalue weighted by atomic mass is 16.4. The van der Waals surface area contributed by atoms with Crippen LogP contribution in [0.3, 0.4) is 0 Å². The minimum absolute atomic E-state index is 0.239. The third-order valence-electron chi connectivity index (χ3n) is 5.57. The van der Waals surface area contributed by atoms with Gasteiger partial charge in [-0.05, 0) is 41.3 Å². The van der Waals surface area contributed by atoms with E-state index < -0.39 is 5.97 Å². The fraction of sp³-hybridized carbons (Fsp3) is 0.148. The van der Waals surface area contributed by atoms with E-state index in [0.29, 0.717) is 24.1 Å². The van der Waals surface area contributed by atoms with Crippen molar-refractivity contribution in [3.05, 3.63) is 118 Å². The van der Waals surface area contributed by atoms with E-state index in [1.807, 2.05) is 37.3 Å². The van der Waals surface area contributed by atoms with Gasteiger partial charge >= 0.3 is 11.7 Å². The van der Waals surface area contributed by atoms with E-state index in [1.54, 1.807) is 59.3 Å². The van der Waals surface area contributed by atoms with Gasteiger partial charge in [-0.1, -0.05) is 74.0 Å². The summed E-state index contributed by atoms with van der Waals surface area (Å²) in [6, 6.07) is 23.1. The second kappa shape index (κ2) is 9.53. The zero-order chi connectivity index (χ0) is 23.4. The normalized spacial score (nSPS) is 10.8. The van der Waals surface area contributed by atoms with Crippen LogP contribution in [-0.4, -0.2) is 26.1 Å². The van der Waals surface area contributed by atoms with Crippen molar-refractivity contribution in [2.24, 2.45) is 0 Å². The van der Waals surface area contributed by atoms with Crippen molar-refractivity contribution in [2.75, 3.05) is 0 Å². The number of aromatic carboxylic acids is 1. The largest absolute Gasteiger partial charge is 0.478 e. The molecule has 0 atom stereocenters. The summed E-state index contributed by atoms with van der Waals surface area (Å²) < 4.78 is 2.81. The molecule has 0 spiro atoms. The van der Waals surface area contributed by atoms with Crippen molar-refractivity contribution in [3.8, 4) is 11.1 Å². The van der Waals surface area contributed by atoms with Gasteiger partial charge in [0.05, 0.1) is 12.1 Å². The lowest BCUT2D eigenvalue weighted by Crippen LogP contribution is -2.30. The fourth-order valence-corrected chi connectivity index (χ4v) is 3.91. The standard InChI is InChI=1S/C27H24N2O4/c1-2-8-22-18-29(25(30)21-9-4-3-5-10-21)27(33)28(22)17-19-13-15-20(16-14-19)23-11-6-7-12-24(23)26(31)32/h3-7,9-16,18H,2,8,17H2,1H3,(H,31,32). The molecular weight excluding hydrogens is 416 g/mol. The van der Waals surface area contributed by atoms with Crippen molar-refractivity contribution in [1.29, 1.82) is 0 Å². The van der Waals surface area contributed by atoms with Crippen molar-refractivity contribution < 1.29 is 14.7 Å². The van der Waals surface area contributed by atoms with Gasteiger partial charge in [0.25, 0.3) is 5.91 Å². The Morgan fingerprint density at radius 1 is 0.879 bits per heavy atom. The lowest BCUT2D eigenvalue weighted by molar-refractivity contribution is 0.0697. The van der Waals surface area contributed by atoms with Gasteiger partial charge in [-0.25, -0.2) is 14.2 Å². The molecule has 0 aliphatic carbocycles. The molecule has 1 N–H and O–H groups in total. The molecule has 6 heteroatoms. The Labute approximate surface area is 191 Å². The van der Waals surface area contributed by atoms with Crippen molar-refractivity contribution >= 4 is 11.9 Å². The molecule has 1 aromatic heterocycles. The molecule has 4 aromatic rings. The molecule has 3 aromatic carbocycles. The number of nitrogens with zero attached hydrogens (tertiary/aromatic N) is 2. The molecule has 0 bridgehead atoms. The minimum atomic E-state index is -0.977. The monoisotopic (exact) mass is 440 g/mol. The molecule has 0 radical (unpaired) electrons. The number of aryl methyl sites for hydroxylation is 1. The molecule has 0 saturated carbocycles. The number of carboxylic acid groups (broad SMARTS) is 1. The van der Waals surface area contributed by atoms with Crippen LogP contribution in [0.25, 0.3) is 11.1 Å². The van der Waals surface area contributed by atoms with Crippen molar-refractivity contribution in [2.45, 2.75) is 26.3 Å². The second-order valence-corrected chi connectivity index (χ2v) is 7.83. The molecule has 1 heterocycles. The third kappa shape index (κ3) is 4.55. The molecule has 4 rings (SSSR count). The molecular formula is C27H24N2O4. The van der Waals surface area contributed by atoms with Gasteiger partial charge < -0.3 is 5.11 Å². The first-order valence-corrected chi connectivity index (χ1v) is 10.8. The molecule has 0 amide bonds. The van der Waals surface area contributed by atoms with Gasteiger partial charge in [-0.15, -0.1) is 0 Å². The van der Waals surface area contributed by atoms with Crippen molar-refractivity contribution in [3.63, 3.8) is 0 Å². The smallest absolute Gasteiger partial charge is 0.336 e. The number of rotatable bonds is 7.